The zero-order valence-corrected chi connectivity index (χ0v) is 10.5. The first-order valence-corrected chi connectivity index (χ1v) is 5.88. The second-order valence-electron chi connectivity index (χ2n) is 3.63. The third-order valence-electron chi connectivity index (χ3n) is 2.29. The van der Waals surface area contributed by atoms with Crippen LogP contribution in [0.5, 0.6) is 0 Å². The average molecular weight is 284 g/mol. The molecule has 0 aliphatic rings. The minimum Gasteiger partial charge on any atom is -0.390 e. The van der Waals surface area contributed by atoms with Crippen LogP contribution in [0, 0.1) is 4.91 Å². The molecule has 0 aromatic carbocycles. The van der Waals surface area contributed by atoms with Gasteiger partial charge in [0.25, 0.3) is 0 Å². The van der Waals surface area contributed by atoms with E-state index in [1.165, 1.54) is 6.92 Å². The summed E-state index contributed by atoms with van der Waals surface area (Å²) in [5.74, 6) is 0. The maximum atomic E-state index is 10.2. The summed E-state index contributed by atoms with van der Waals surface area (Å²) >= 11 is 3.06. The fourth-order valence-electron chi connectivity index (χ4n) is 1.21. The molecule has 90 valence electrons. The third-order valence-corrected chi connectivity index (χ3v) is 3.38. The number of aliphatic hydroxyl groups is 3. The molecule has 5 nitrogen and oxygen atoms in total. The molecule has 1 unspecified atom stereocenters. The van der Waals surface area contributed by atoms with E-state index in [-0.39, 0.29) is 0 Å². The van der Waals surface area contributed by atoms with Crippen molar-refractivity contribution in [2.75, 3.05) is 0 Å². The largest absolute Gasteiger partial charge is 0.390 e. The summed E-state index contributed by atoms with van der Waals surface area (Å²) in [5.41, 5.74) is 0. The molecule has 0 aromatic rings. The van der Waals surface area contributed by atoms with Crippen LogP contribution in [-0.2, 0) is 0 Å². The van der Waals surface area contributed by atoms with E-state index in [1.807, 2.05) is 6.92 Å². The maximum Gasteiger partial charge on any atom is 0.116 e. The van der Waals surface area contributed by atoms with Gasteiger partial charge in [-0.25, -0.2) is 0 Å². The highest BCUT2D eigenvalue weighted by Crippen LogP contribution is 2.19. The predicted molar refractivity (Wildman–Crippen MR) is 60.9 cm³/mol. The second-order valence-corrected chi connectivity index (χ2v) is 4.68. The van der Waals surface area contributed by atoms with E-state index in [1.54, 1.807) is 0 Å². The summed E-state index contributed by atoms with van der Waals surface area (Å²) in [4.78, 5) is 9.44. The topological polar surface area (TPSA) is 90.1 Å². The smallest absolute Gasteiger partial charge is 0.116 e. The van der Waals surface area contributed by atoms with Crippen molar-refractivity contribution in [1.29, 1.82) is 0 Å². The Labute approximate surface area is 97.6 Å². The Hall–Kier alpha value is -0.0400. The van der Waals surface area contributed by atoms with Gasteiger partial charge in [-0.05, 0) is 13.3 Å². The molecular weight excluding hydrogens is 266 g/mol. The lowest BCUT2D eigenvalue weighted by atomic mass is 10.00. The molecule has 0 fully saturated rings. The minimum atomic E-state index is -1.11. The van der Waals surface area contributed by atoms with Gasteiger partial charge in [0.1, 0.15) is 6.04 Å². The molecule has 3 N–H and O–H groups in total. The number of hydrogen-bond acceptors (Lipinski definition) is 5. The summed E-state index contributed by atoms with van der Waals surface area (Å²) in [7, 11) is 0. The zero-order chi connectivity index (χ0) is 12.0. The van der Waals surface area contributed by atoms with Crippen molar-refractivity contribution in [3.63, 3.8) is 0 Å². The second kappa shape index (κ2) is 7.27. The lowest BCUT2D eigenvalue weighted by molar-refractivity contribution is -0.0119. The Balaban J connectivity index is 4.28. The van der Waals surface area contributed by atoms with Gasteiger partial charge in [0.05, 0.1) is 23.1 Å². The Kier molecular flexibility index (Phi) is 7.25. The highest BCUT2D eigenvalue weighted by Gasteiger charge is 2.32. The van der Waals surface area contributed by atoms with E-state index in [0.29, 0.717) is 6.42 Å². The number of aliphatic hydroxyl groups excluding tert-OH is 3. The molecule has 15 heavy (non-hydrogen) atoms. The van der Waals surface area contributed by atoms with Crippen LogP contribution in [0.1, 0.15) is 26.7 Å². The van der Waals surface area contributed by atoms with Crippen molar-refractivity contribution in [3.05, 3.63) is 4.91 Å². The molecule has 0 aromatic heterocycles. The lowest BCUT2D eigenvalue weighted by Gasteiger charge is -2.27. The maximum absolute atomic E-state index is 10.2. The molecule has 0 aliphatic heterocycles. The Morgan fingerprint density at radius 3 is 2.20 bits per heavy atom. The molecule has 0 heterocycles. The lowest BCUT2D eigenvalue weighted by Crippen LogP contribution is -2.44. The van der Waals surface area contributed by atoms with Crippen LogP contribution in [0.3, 0.4) is 0 Å². The summed E-state index contributed by atoms with van der Waals surface area (Å²) in [6, 6.07) is -0.821. The van der Waals surface area contributed by atoms with Crippen LogP contribution >= 0.6 is 15.9 Å². The van der Waals surface area contributed by atoms with Gasteiger partial charge in [0.15, 0.2) is 0 Å². The van der Waals surface area contributed by atoms with E-state index in [0.717, 1.165) is 6.42 Å². The van der Waals surface area contributed by atoms with Gasteiger partial charge in [0, 0.05) is 0 Å². The standard InChI is InChI=1S/C9H18BrNO4/c1-3-4-6(12)9(14)7(10)8(13)5(2)11-15/h5-9,12-14H,3-4H2,1-2H3/t5?,6-,7+,8-,9+/m0/s1. The quantitative estimate of drug-likeness (QED) is 0.476. The van der Waals surface area contributed by atoms with Gasteiger partial charge in [-0.2, -0.15) is 4.91 Å². The number of hydrogen-bond donors (Lipinski definition) is 3. The van der Waals surface area contributed by atoms with Crippen molar-refractivity contribution in [3.8, 4) is 0 Å². The van der Waals surface area contributed by atoms with Crippen LogP contribution in [0.2, 0.25) is 0 Å². The van der Waals surface area contributed by atoms with Crippen molar-refractivity contribution >= 4 is 15.9 Å². The molecule has 0 saturated carbocycles. The van der Waals surface area contributed by atoms with Gasteiger partial charge in [-0.15, -0.1) is 0 Å². The van der Waals surface area contributed by atoms with E-state index in [4.69, 9.17) is 0 Å². The van der Waals surface area contributed by atoms with Crippen molar-refractivity contribution in [2.24, 2.45) is 5.18 Å². The number of nitrogens with zero attached hydrogens (tertiary/aromatic N) is 1. The SMILES string of the molecule is CCC[C@H](O)[C@@H](O)[C@H](Br)[C@@H](O)C(C)N=O. The molecule has 5 atom stereocenters. The Morgan fingerprint density at radius 1 is 1.27 bits per heavy atom. The monoisotopic (exact) mass is 283 g/mol. The first kappa shape index (κ1) is 15.0. The fourth-order valence-corrected chi connectivity index (χ4v) is 2.00. The molecule has 0 spiro atoms. The van der Waals surface area contributed by atoms with E-state index >= 15 is 0 Å². The van der Waals surface area contributed by atoms with Crippen LogP contribution in [0.4, 0.5) is 0 Å². The zero-order valence-electron chi connectivity index (χ0n) is 8.88. The molecule has 0 radical (unpaired) electrons. The minimum absolute atomic E-state index is 0.443. The van der Waals surface area contributed by atoms with Gasteiger partial charge in [0.2, 0.25) is 0 Å². The molecule has 6 heteroatoms. The van der Waals surface area contributed by atoms with Crippen LogP contribution in [-0.4, -0.2) is 44.5 Å². The molecule has 0 bridgehead atoms. The molecule has 0 amide bonds. The van der Waals surface area contributed by atoms with Gasteiger partial charge in [-0.1, -0.05) is 34.5 Å². The Bertz CT molecular complexity index is 193. The normalized spacial score (nSPS) is 21.5. The van der Waals surface area contributed by atoms with E-state index in [2.05, 4.69) is 21.1 Å². The summed E-state index contributed by atoms with van der Waals surface area (Å²) in [6.45, 7) is 3.33. The van der Waals surface area contributed by atoms with Crippen LogP contribution < -0.4 is 0 Å². The van der Waals surface area contributed by atoms with Crippen molar-refractivity contribution < 1.29 is 15.3 Å². The van der Waals surface area contributed by atoms with E-state index < -0.39 is 29.2 Å². The number of rotatable bonds is 7. The fraction of sp³-hybridized carbons (Fsp3) is 1.00. The number of halogens is 1. The molecular formula is C9H18BrNO4. The first-order chi connectivity index (χ1) is 6.95. The highest BCUT2D eigenvalue weighted by atomic mass is 79.9. The highest BCUT2D eigenvalue weighted by molar-refractivity contribution is 9.09. The van der Waals surface area contributed by atoms with Gasteiger partial charge >= 0.3 is 0 Å². The van der Waals surface area contributed by atoms with Crippen molar-refractivity contribution in [2.45, 2.75) is 55.9 Å². The van der Waals surface area contributed by atoms with Crippen LogP contribution in [0.15, 0.2) is 5.18 Å². The average Bonchev–Trinajstić information content (AvgIpc) is 2.25. The molecule has 0 aliphatic carbocycles. The molecule has 0 rings (SSSR count). The summed E-state index contributed by atoms with van der Waals surface area (Å²) in [6.07, 6.45) is -1.95. The van der Waals surface area contributed by atoms with Crippen molar-refractivity contribution in [1.82, 2.24) is 0 Å². The molecule has 0 saturated heterocycles. The number of nitroso groups, excluding NO2 is 1. The van der Waals surface area contributed by atoms with Crippen LogP contribution in [0.25, 0.3) is 0 Å². The predicted octanol–water partition coefficient (Wildman–Crippen LogP) is 0.788. The summed E-state index contributed by atoms with van der Waals surface area (Å²) in [5, 5.41) is 31.4. The van der Waals surface area contributed by atoms with E-state index in [9.17, 15) is 20.2 Å². The first-order valence-electron chi connectivity index (χ1n) is 4.96. The summed E-state index contributed by atoms with van der Waals surface area (Å²) < 4.78 is 0. The third kappa shape index (κ3) is 4.55. The Morgan fingerprint density at radius 2 is 1.80 bits per heavy atom. The van der Waals surface area contributed by atoms with Gasteiger partial charge < -0.3 is 15.3 Å². The van der Waals surface area contributed by atoms with Gasteiger partial charge in [-0.3, -0.25) is 0 Å². The number of alkyl halides is 1.